The van der Waals surface area contributed by atoms with Crippen LogP contribution < -0.4 is 16.4 Å². The van der Waals surface area contributed by atoms with Gasteiger partial charge in [0.15, 0.2) is 23.1 Å². The summed E-state index contributed by atoms with van der Waals surface area (Å²) in [6.07, 6.45) is -11.7. The van der Waals surface area contributed by atoms with Gasteiger partial charge in [-0.3, -0.25) is 14.5 Å². The molecule has 0 bridgehead atoms. The van der Waals surface area contributed by atoms with Crippen molar-refractivity contribution in [3.8, 4) is 0 Å². The molecular formula is C23H22F9N5O4. The molecule has 41 heavy (non-hydrogen) atoms. The third kappa shape index (κ3) is 6.57. The number of hydrogen-bond acceptors (Lipinski definition) is 8. The number of rotatable bonds is 9. The lowest BCUT2D eigenvalue weighted by Gasteiger charge is -2.42. The number of benzene rings is 1. The summed E-state index contributed by atoms with van der Waals surface area (Å²) in [6.45, 7) is 0.616. The summed E-state index contributed by atoms with van der Waals surface area (Å²) in [5.41, 5.74) is 2.42. The third-order valence-corrected chi connectivity index (χ3v) is 5.93. The highest BCUT2D eigenvalue weighted by atomic mass is 19.4. The van der Waals surface area contributed by atoms with Crippen LogP contribution in [0.1, 0.15) is 25.3 Å². The van der Waals surface area contributed by atoms with E-state index in [0.717, 1.165) is 0 Å². The smallest absolute Gasteiger partial charge is 0.402 e. The number of aliphatic imine (C=N–C) groups is 1. The number of amides is 1. The molecule has 226 valence electrons. The molecule has 9 nitrogen and oxygen atoms in total. The minimum atomic E-state index is -5.77. The zero-order valence-electron chi connectivity index (χ0n) is 20.9. The van der Waals surface area contributed by atoms with E-state index in [-0.39, 0.29) is 23.9 Å². The number of esters is 1. The fourth-order valence-corrected chi connectivity index (χ4v) is 4.17. The molecule has 0 saturated heterocycles. The van der Waals surface area contributed by atoms with Crippen LogP contribution in [0.2, 0.25) is 0 Å². The number of alkyl halides is 6. The van der Waals surface area contributed by atoms with Crippen LogP contribution in [0.4, 0.5) is 39.5 Å². The monoisotopic (exact) mass is 603 g/mol. The third-order valence-electron chi connectivity index (χ3n) is 5.93. The van der Waals surface area contributed by atoms with Crippen molar-refractivity contribution in [2.45, 2.75) is 56.5 Å². The average molecular weight is 603 g/mol. The van der Waals surface area contributed by atoms with E-state index in [1.807, 2.05) is 5.32 Å². The summed E-state index contributed by atoms with van der Waals surface area (Å²) < 4.78 is 126. The fraction of sp³-hybridized carbons (Fsp3) is 0.478. The molecular weight excluding hydrogens is 581 g/mol. The van der Waals surface area contributed by atoms with Crippen LogP contribution in [-0.4, -0.2) is 71.6 Å². The molecule has 3 atom stereocenters. The number of fused-ring (bicyclic) bond motifs is 1. The average Bonchev–Trinajstić information content (AvgIpc) is 3.21. The SMILES string of the molecule is CCCNC(=O)C1(OC(=O)C(F)(F)F)N=C(C(F)(F)F)C2=CNC[C@H](C(=O)CC(N)Cc3cc(F)c(F)cc3F)N21. The summed E-state index contributed by atoms with van der Waals surface area (Å²) >= 11 is 0. The Balaban J connectivity index is 2.03. The summed E-state index contributed by atoms with van der Waals surface area (Å²) in [5, 5.41) is 4.38. The lowest BCUT2D eigenvalue weighted by atomic mass is 9.96. The predicted octanol–water partition coefficient (Wildman–Crippen LogP) is 2.35. The van der Waals surface area contributed by atoms with Crippen molar-refractivity contribution in [1.29, 1.82) is 0 Å². The molecule has 0 aromatic heterocycles. The summed E-state index contributed by atoms with van der Waals surface area (Å²) in [5.74, 6) is -13.6. The van der Waals surface area contributed by atoms with E-state index in [0.29, 0.717) is 12.3 Å². The minimum absolute atomic E-state index is 0.160. The van der Waals surface area contributed by atoms with Gasteiger partial charge in [-0.25, -0.2) is 23.0 Å². The number of ketones is 1. The highest BCUT2D eigenvalue weighted by Gasteiger charge is 2.64. The Hall–Kier alpha value is -3.83. The van der Waals surface area contributed by atoms with E-state index in [1.165, 1.54) is 6.92 Å². The molecule has 1 aromatic carbocycles. The number of hydrogen-bond donors (Lipinski definition) is 3. The zero-order chi connectivity index (χ0) is 30.9. The largest absolute Gasteiger partial charge is 0.491 e. The molecule has 1 amide bonds. The Morgan fingerprint density at radius 1 is 1.15 bits per heavy atom. The second-order valence-corrected chi connectivity index (χ2v) is 9.03. The maximum Gasteiger partial charge on any atom is 0.491 e. The minimum Gasteiger partial charge on any atom is -0.402 e. The fourth-order valence-electron chi connectivity index (χ4n) is 4.17. The Bertz CT molecular complexity index is 1280. The van der Waals surface area contributed by atoms with Crippen molar-refractivity contribution in [3.63, 3.8) is 0 Å². The molecule has 2 aliphatic rings. The van der Waals surface area contributed by atoms with Gasteiger partial charge >= 0.3 is 30.1 Å². The van der Waals surface area contributed by atoms with Gasteiger partial charge in [0, 0.05) is 37.8 Å². The van der Waals surface area contributed by atoms with Crippen molar-refractivity contribution < 1.29 is 58.6 Å². The number of nitrogens with zero attached hydrogens (tertiary/aromatic N) is 2. The number of ether oxygens (including phenoxy) is 1. The van der Waals surface area contributed by atoms with Crippen molar-refractivity contribution in [2.75, 3.05) is 13.1 Å². The van der Waals surface area contributed by atoms with Crippen LogP contribution in [0.5, 0.6) is 0 Å². The lowest BCUT2D eigenvalue weighted by molar-refractivity contribution is -0.227. The number of allylic oxidation sites excluding steroid dienone is 1. The number of nitrogens with two attached hydrogens (primary N) is 1. The van der Waals surface area contributed by atoms with Gasteiger partial charge in [0.1, 0.15) is 11.9 Å². The molecule has 0 fully saturated rings. The Morgan fingerprint density at radius 2 is 1.78 bits per heavy atom. The maximum absolute atomic E-state index is 14.0. The van der Waals surface area contributed by atoms with Gasteiger partial charge in [0.2, 0.25) is 0 Å². The number of nitrogens with one attached hydrogen (secondary N) is 2. The molecule has 0 aliphatic carbocycles. The van der Waals surface area contributed by atoms with Gasteiger partial charge in [0.05, 0.1) is 5.70 Å². The Kier molecular flexibility index (Phi) is 8.95. The molecule has 4 N–H and O–H groups in total. The van der Waals surface area contributed by atoms with Crippen molar-refractivity contribution >= 4 is 23.4 Å². The highest BCUT2D eigenvalue weighted by molar-refractivity contribution is 6.10. The molecule has 0 saturated carbocycles. The van der Waals surface area contributed by atoms with E-state index in [4.69, 9.17) is 5.73 Å². The van der Waals surface area contributed by atoms with Gasteiger partial charge in [-0.05, 0) is 24.5 Å². The molecule has 1 aromatic rings. The Labute approximate surface area is 225 Å². The van der Waals surface area contributed by atoms with E-state index in [1.54, 1.807) is 0 Å². The predicted molar refractivity (Wildman–Crippen MR) is 121 cm³/mol. The van der Waals surface area contributed by atoms with Crippen molar-refractivity contribution in [3.05, 3.63) is 47.0 Å². The first-order valence-corrected chi connectivity index (χ1v) is 11.8. The molecule has 2 unspecified atom stereocenters. The quantitative estimate of drug-likeness (QED) is 0.225. The van der Waals surface area contributed by atoms with E-state index in [9.17, 15) is 53.9 Å². The van der Waals surface area contributed by atoms with E-state index >= 15 is 0 Å². The maximum atomic E-state index is 14.0. The second-order valence-electron chi connectivity index (χ2n) is 9.03. The van der Waals surface area contributed by atoms with Crippen LogP contribution >= 0.6 is 0 Å². The highest BCUT2D eigenvalue weighted by Crippen LogP contribution is 2.42. The van der Waals surface area contributed by atoms with Gasteiger partial charge < -0.3 is 21.1 Å². The summed E-state index contributed by atoms with van der Waals surface area (Å²) in [4.78, 5) is 41.5. The standard InChI is InChI=1S/C23H22F9N5O4/c1-2-3-35-19(39)23(41-20(40)22(30,31)32)36-18(21(27,28)29)16-9-34-8-15(37(16)23)17(38)6-11(33)4-10-5-13(25)14(26)7-12(10)24/h5,7,9,11,15,34H,2-4,6,8,33H2,1H3,(H,35,39)/t11?,15-,23?/m1/s1. The van der Waals surface area contributed by atoms with Crippen LogP contribution in [0, 0.1) is 17.5 Å². The van der Waals surface area contributed by atoms with Gasteiger partial charge in [-0.1, -0.05) is 6.92 Å². The lowest BCUT2D eigenvalue weighted by Crippen LogP contribution is -2.65. The normalized spacial score (nSPS) is 21.3. The van der Waals surface area contributed by atoms with Crippen LogP contribution in [-0.2, 0) is 25.5 Å². The first kappa shape index (κ1) is 31.7. The van der Waals surface area contributed by atoms with Gasteiger partial charge in [0.25, 0.3) is 0 Å². The first-order valence-electron chi connectivity index (χ1n) is 11.8. The molecule has 0 radical (unpaired) electrons. The van der Waals surface area contributed by atoms with Crippen LogP contribution in [0.15, 0.2) is 29.0 Å². The van der Waals surface area contributed by atoms with Crippen LogP contribution in [0.3, 0.4) is 0 Å². The number of Topliss-reactive ketones (excluding diaryl/α,β-unsaturated/α-hetero) is 1. The Morgan fingerprint density at radius 3 is 2.37 bits per heavy atom. The van der Waals surface area contributed by atoms with E-state index < -0.39 is 102 Å². The molecule has 18 heteroatoms. The van der Waals surface area contributed by atoms with Gasteiger partial charge in [-0.15, -0.1) is 0 Å². The first-order chi connectivity index (χ1) is 18.9. The topological polar surface area (TPSA) is 126 Å². The number of halogens is 9. The molecule has 0 spiro atoms. The van der Waals surface area contributed by atoms with E-state index in [2.05, 4.69) is 15.0 Å². The van der Waals surface area contributed by atoms with Crippen molar-refractivity contribution in [1.82, 2.24) is 15.5 Å². The van der Waals surface area contributed by atoms with Gasteiger partial charge in [-0.2, -0.15) is 26.3 Å². The molecule has 2 heterocycles. The summed E-state index contributed by atoms with van der Waals surface area (Å²) in [7, 11) is 0. The molecule has 3 rings (SSSR count). The second kappa shape index (κ2) is 11.6. The van der Waals surface area contributed by atoms with Crippen molar-refractivity contribution in [2.24, 2.45) is 10.7 Å². The number of carbonyl (C=O) groups is 3. The summed E-state index contributed by atoms with van der Waals surface area (Å²) in [6, 6.07) is -2.56. The van der Waals surface area contributed by atoms with Crippen LogP contribution in [0.25, 0.3) is 0 Å². The molecule has 2 aliphatic heterocycles. The zero-order valence-corrected chi connectivity index (χ0v) is 20.9. The number of carbonyl (C=O) groups excluding carboxylic acids is 3.